The van der Waals surface area contributed by atoms with Crippen molar-refractivity contribution in [3.8, 4) is 16.9 Å². The van der Waals surface area contributed by atoms with E-state index in [-0.39, 0.29) is 5.75 Å². The topological polar surface area (TPSA) is 37.3 Å². The molecule has 0 atom stereocenters. The van der Waals surface area contributed by atoms with E-state index in [0.717, 1.165) is 65.3 Å². The van der Waals surface area contributed by atoms with E-state index in [4.69, 9.17) is 0 Å². The van der Waals surface area contributed by atoms with Crippen LogP contribution >= 0.6 is 7.14 Å². The summed E-state index contributed by atoms with van der Waals surface area (Å²) >= 11 is 0. The summed E-state index contributed by atoms with van der Waals surface area (Å²) in [5, 5.41) is 17.8. The molecule has 0 saturated carbocycles. The number of fused-ring (bicyclic) bond motifs is 2. The van der Waals surface area contributed by atoms with E-state index in [2.05, 4.69) is 88.4 Å². The molecule has 2 nitrogen and oxygen atoms in total. The molecule has 6 aromatic rings. The van der Waals surface area contributed by atoms with Crippen molar-refractivity contribution in [2.24, 2.45) is 0 Å². The highest BCUT2D eigenvalue weighted by atomic mass is 31.2. The van der Waals surface area contributed by atoms with Gasteiger partial charge >= 0.3 is 0 Å². The van der Waals surface area contributed by atoms with Crippen LogP contribution in [0.1, 0.15) is 22.3 Å². The van der Waals surface area contributed by atoms with Gasteiger partial charge in [-0.05, 0) is 85.6 Å². The molecule has 0 aliphatic carbocycles. The molecule has 0 unspecified atom stereocenters. The molecular weight excluding hydrogens is 495 g/mol. The second kappa shape index (κ2) is 9.56. The Kier molecular flexibility index (Phi) is 6.17. The molecule has 0 saturated heterocycles. The van der Waals surface area contributed by atoms with Crippen LogP contribution in [0, 0.1) is 27.7 Å². The molecule has 192 valence electrons. The molecular formula is C36H31O2P. The maximum atomic E-state index is 16.0. The lowest BCUT2D eigenvalue weighted by Gasteiger charge is -2.26. The highest BCUT2D eigenvalue weighted by molar-refractivity contribution is 7.85. The van der Waals surface area contributed by atoms with E-state index in [1.54, 1.807) is 6.07 Å². The van der Waals surface area contributed by atoms with Crippen LogP contribution in [0.4, 0.5) is 0 Å². The van der Waals surface area contributed by atoms with Gasteiger partial charge in [-0.3, -0.25) is 0 Å². The van der Waals surface area contributed by atoms with E-state index >= 15 is 4.57 Å². The van der Waals surface area contributed by atoms with E-state index < -0.39 is 7.14 Å². The van der Waals surface area contributed by atoms with Gasteiger partial charge in [0.25, 0.3) is 0 Å². The number of hydrogen-bond acceptors (Lipinski definition) is 2. The van der Waals surface area contributed by atoms with Crippen LogP contribution in [0.25, 0.3) is 32.7 Å². The van der Waals surface area contributed by atoms with Gasteiger partial charge in [-0.2, -0.15) is 0 Å². The molecule has 39 heavy (non-hydrogen) atoms. The Hall–Kier alpha value is -4.13. The van der Waals surface area contributed by atoms with Crippen LogP contribution in [0.5, 0.6) is 5.75 Å². The normalized spacial score (nSPS) is 11.8. The van der Waals surface area contributed by atoms with Crippen molar-refractivity contribution in [3.05, 3.63) is 131 Å². The molecule has 3 heteroatoms. The predicted octanol–water partition coefficient (Wildman–Crippen LogP) is 8.24. The minimum Gasteiger partial charge on any atom is -0.507 e. The average Bonchev–Trinajstić information content (AvgIpc) is 2.91. The molecule has 0 bridgehead atoms. The van der Waals surface area contributed by atoms with Gasteiger partial charge in [-0.15, -0.1) is 0 Å². The number of aryl methyl sites for hydroxylation is 4. The summed E-state index contributed by atoms with van der Waals surface area (Å²) < 4.78 is 16.0. The Bertz CT molecular complexity index is 1850. The van der Waals surface area contributed by atoms with E-state index in [0.29, 0.717) is 5.56 Å². The lowest BCUT2D eigenvalue weighted by molar-refractivity contribution is 0.478. The molecule has 0 heterocycles. The number of phenolic OH excluding ortho intramolecular Hbond substituents is 1. The summed E-state index contributed by atoms with van der Waals surface area (Å²) in [6, 6.07) is 36.5. The van der Waals surface area contributed by atoms with Crippen molar-refractivity contribution >= 4 is 44.6 Å². The van der Waals surface area contributed by atoms with Crippen LogP contribution in [-0.2, 0) is 4.57 Å². The lowest BCUT2D eigenvalue weighted by Crippen LogP contribution is -2.27. The van der Waals surface area contributed by atoms with Crippen molar-refractivity contribution in [2.75, 3.05) is 0 Å². The Labute approximate surface area is 230 Å². The highest BCUT2D eigenvalue weighted by Crippen LogP contribution is 2.50. The van der Waals surface area contributed by atoms with Crippen LogP contribution in [0.2, 0.25) is 0 Å². The summed E-state index contributed by atoms with van der Waals surface area (Å²) in [7, 11) is -3.40. The van der Waals surface area contributed by atoms with Crippen molar-refractivity contribution in [2.45, 2.75) is 27.7 Å². The standard InChI is InChI=1S/C36H31O2P/c1-23-17-24(2)20-29(19-23)39(38,30-21-25(3)18-26(4)22-30)34-16-14-28-10-6-8-12-32(28)36(34)35-31-11-7-5-9-27(31)13-15-33(35)37/h5-22,37H,1-4H3. The van der Waals surface area contributed by atoms with Gasteiger partial charge in [0, 0.05) is 27.0 Å². The fourth-order valence-electron chi connectivity index (χ4n) is 6.00. The third-order valence-corrected chi connectivity index (χ3v) is 10.6. The van der Waals surface area contributed by atoms with E-state index in [1.165, 1.54) is 0 Å². The highest BCUT2D eigenvalue weighted by Gasteiger charge is 2.35. The minimum absolute atomic E-state index is 0.179. The SMILES string of the molecule is Cc1cc(C)cc(P(=O)(c2cc(C)cc(C)c2)c2ccc3ccccc3c2-c2c(O)ccc3ccccc23)c1. The average molecular weight is 527 g/mol. The maximum absolute atomic E-state index is 16.0. The van der Waals surface area contributed by atoms with Crippen LogP contribution in [-0.4, -0.2) is 5.11 Å². The first-order valence-corrected chi connectivity index (χ1v) is 15.0. The van der Waals surface area contributed by atoms with Gasteiger partial charge in [-0.25, -0.2) is 0 Å². The largest absolute Gasteiger partial charge is 0.507 e. The first-order valence-electron chi connectivity index (χ1n) is 13.3. The molecule has 0 aliphatic rings. The zero-order chi connectivity index (χ0) is 27.3. The first-order chi connectivity index (χ1) is 18.8. The van der Waals surface area contributed by atoms with Crippen molar-refractivity contribution in [1.29, 1.82) is 0 Å². The number of benzene rings is 6. The molecule has 0 radical (unpaired) electrons. The quantitative estimate of drug-likeness (QED) is 0.235. The second-order valence-corrected chi connectivity index (χ2v) is 13.4. The molecule has 0 spiro atoms. The maximum Gasteiger partial charge on any atom is 0.171 e. The van der Waals surface area contributed by atoms with Gasteiger partial charge in [0.15, 0.2) is 7.14 Å². The van der Waals surface area contributed by atoms with Crippen molar-refractivity contribution in [3.63, 3.8) is 0 Å². The van der Waals surface area contributed by atoms with E-state index in [1.807, 2.05) is 42.5 Å². The fourth-order valence-corrected chi connectivity index (χ4v) is 9.23. The molecule has 0 aromatic heterocycles. The summed E-state index contributed by atoms with van der Waals surface area (Å²) in [5.74, 6) is 0.179. The van der Waals surface area contributed by atoms with Crippen molar-refractivity contribution in [1.82, 2.24) is 0 Å². The number of aromatic hydroxyl groups is 1. The van der Waals surface area contributed by atoms with E-state index in [9.17, 15) is 5.11 Å². The number of rotatable bonds is 4. The predicted molar refractivity (Wildman–Crippen MR) is 167 cm³/mol. The molecule has 6 rings (SSSR count). The Balaban J connectivity index is 1.84. The van der Waals surface area contributed by atoms with Gasteiger partial charge in [0.2, 0.25) is 0 Å². The monoisotopic (exact) mass is 526 g/mol. The fraction of sp³-hybridized carbons (Fsp3) is 0.111. The molecule has 0 fully saturated rings. The van der Waals surface area contributed by atoms with Crippen LogP contribution < -0.4 is 15.9 Å². The number of hydrogen-bond donors (Lipinski definition) is 1. The Morgan fingerprint density at radius 2 is 0.949 bits per heavy atom. The van der Waals surface area contributed by atoms with Gasteiger partial charge in [0.1, 0.15) is 5.75 Å². The van der Waals surface area contributed by atoms with Gasteiger partial charge < -0.3 is 9.67 Å². The molecule has 0 amide bonds. The van der Waals surface area contributed by atoms with Crippen LogP contribution in [0.3, 0.4) is 0 Å². The number of phenols is 1. The first kappa shape index (κ1) is 25.2. The Morgan fingerprint density at radius 3 is 1.46 bits per heavy atom. The summed E-state index contributed by atoms with van der Waals surface area (Å²) in [5.41, 5.74) is 5.84. The second-order valence-electron chi connectivity index (χ2n) is 10.7. The third kappa shape index (κ3) is 4.26. The van der Waals surface area contributed by atoms with Gasteiger partial charge in [0.05, 0.1) is 0 Å². The zero-order valence-electron chi connectivity index (χ0n) is 22.7. The Morgan fingerprint density at radius 1 is 0.513 bits per heavy atom. The molecule has 0 aliphatic heterocycles. The summed E-state index contributed by atoms with van der Waals surface area (Å²) in [4.78, 5) is 0. The summed E-state index contributed by atoms with van der Waals surface area (Å²) in [6.45, 7) is 8.22. The zero-order valence-corrected chi connectivity index (χ0v) is 23.6. The molecule has 6 aromatic carbocycles. The van der Waals surface area contributed by atoms with Gasteiger partial charge in [-0.1, -0.05) is 95.1 Å². The summed E-state index contributed by atoms with van der Waals surface area (Å²) in [6.07, 6.45) is 0. The van der Waals surface area contributed by atoms with Crippen molar-refractivity contribution < 1.29 is 9.67 Å². The lowest BCUT2D eigenvalue weighted by atomic mass is 9.93. The smallest absolute Gasteiger partial charge is 0.171 e. The molecule has 1 N–H and O–H groups in total. The van der Waals surface area contributed by atoms with Crippen LogP contribution in [0.15, 0.2) is 109 Å². The minimum atomic E-state index is -3.40. The third-order valence-electron chi connectivity index (χ3n) is 7.54.